The maximum Gasteiger partial charge on any atom is 0.220 e. The first-order valence-corrected chi connectivity index (χ1v) is 8.71. The number of hydrogen-bond acceptors (Lipinski definition) is 1. The molecule has 2 nitrogen and oxygen atoms in total. The fraction of sp³-hybridized carbons (Fsp3) is 0.409. The summed E-state index contributed by atoms with van der Waals surface area (Å²) in [5.74, 6) is 0.110. The highest BCUT2D eigenvalue weighted by atomic mass is 16.1. The highest BCUT2D eigenvalue weighted by Crippen LogP contribution is 2.22. The van der Waals surface area contributed by atoms with Gasteiger partial charge in [0.05, 0.1) is 6.04 Å². The molecule has 0 radical (unpaired) electrons. The number of carbonyl (C=O) groups is 1. The zero-order chi connectivity index (χ0) is 17.9. The minimum atomic E-state index is 0.0385. The van der Waals surface area contributed by atoms with E-state index in [2.05, 4.69) is 77.2 Å². The Morgan fingerprint density at radius 1 is 0.875 bits per heavy atom. The van der Waals surface area contributed by atoms with Crippen LogP contribution in [0.15, 0.2) is 30.3 Å². The molecular formula is C22H29NO. The van der Waals surface area contributed by atoms with E-state index in [0.717, 1.165) is 6.42 Å². The van der Waals surface area contributed by atoms with Gasteiger partial charge in [-0.2, -0.15) is 0 Å². The van der Waals surface area contributed by atoms with Crippen molar-refractivity contribution in [1.82, 2.24) is 5.32 Å². The van der Waals surface area contributed by atoms with Crippen molar-refractivity contribution in [3.63, 3.8) is 0 Å². The van der Waals surface area contributed by atoms with E-state index in [1.807, 2.05) is 0 Å². The molecule has 0 aliphatic heterocycles. The predicted octanol–water partition coefficient (Wildman–Crippen LogP) is 5.04. The van der Waals surface area contributed by atoms with Crippen LogP contribution in [0.2, 0.25) is 0 Å². The third-order valence-electron chi connectivity index (χ3n) is 4.94. The van der Waals surface area contributed by atoms with Gasteiger partial charge in [0.25, 0.3) is 0 Å². The molecule has 0 saturated carbocycles. The molecule has 1 N–H and O–H groups in total. The second kappa shape index (κ2) is 7.65. The number of rotatable bonds is 5. The third kappa shape index (κ3) is 4.47. The first kappa shape index (κ1) is 18.3. The lowest BCUT2D eigenvalue weighted by atomic mass is 9.96. The number of carbonyl (C=O) groups excluding carboxylic acids is 1. The molecule has 24 heavy (non-hydrogen) atoms. The second-order valence-electron chi connectivity index (χ2n) is 7.00. The van der Waals surface area contributed by atoms with Gasteiger partial charge < -0.3 is 5.32 Å². The maximum atomic E-state index is 12.3. The van der Waals surface area contributed by atoms with Gasteiger partial charge in [0.2, 0.25) is 5.91 Å². The summed E-state index contributed by atoms with van der Waals surface area (Å²) in [6.45, 7) is 12.6. The van der Waals surface area contributed by atoms with Crippen molar-refractivity contribution in [2.75, 3.05) is 0 Å². The highest BCUT2D eigenvalue weighted by Gasteiger charge is 2.13. The summed E-state index contributed by atoms with van der Waals surface area (Å²) in [5.41, 5.74) is 8.81. The van der Waals surface area contributed by atoms with E-state index < -0.39 is 0 Å². The fourth-order valence-electron chi connectivity index (χ4n) is 3.06. The summed E-state index contributed by atoms with van der Waals surface area (Å²) in [5, 5.41) is 3.14. The normalized spacial score (nSPS) is 12.1. The van der Waals surface area contributed by atoms with Crippen molar-refractivity contribution < 1.29 is 4.79 Å². The smallest absolute Gasteiger partial charge is 0.220 e. The largest absolute Gasteiger partial charge is 0.350 e. The Kier molecular flexibility index (Phi) is 5.82. The van der Waals surface area contributed by atoms with E-state index in [0.29, 0.717) is 6.42 Å². The molecule has 2 aromatic carbocycles. The van der Waals surface area contributed by atoms with Gasteiger partial charge >= 0.3 is 0 Å². The molecule has 0 aromatic heterocycles. The van der Waals surface area contributed by atoms with Gasteiger partial charge in [-0.3, -0.25) is 4.79 Å². The molecule has 0 saturated heterocycles. The van der Waals surface area contributed by atoms with Crippen molar-refractivity contribution in [2.24, 2.45) is 0 Å². The van der Waals surface area contributed by atoms with Gasteiger partial charge in [0.1, 0.15) is 0 Å². The number of amides is 1. The van der Waals surface area contributed by atoms with Gasteiger partial charge in [-0.25, -0.2) is 0 Å². The summed E-state index contributed by atoms with van der Waals surface area (Å²) in [6.07, 6.45) is 1.31. The lowest BCUT2D eigenvalue weighted by Gasteiger charge is -2.18. The topological polar surface area (TPSA) is 29.1 Å². The molecule has 1 atom stereocenters. The standard InChI is InChI=1S/C22H29NO/c1-14-7-8-20(12-16(14)3)9-10-22(24)23-19(6)21-13-17(4)15(2)11-18(21)5/h7-8,11-13,19H,9-10H2,1-6H3,(H,23,24). The number of hydrogen-bond donors (Lipinski definition) is 1. The average molecular weight is 323 g/mol. The van der Waals surface area contributed by atoms with Crippen LogP contribution >= 0.6 is 0 Å². The van der Waals surface area contributed by atoms with Crippen molar-refractivity contribution >= 4 is 5.91 Å². The van der Waals surface area contributed by atoms with E-state index in [-0.39, 0.29) is 11.9 Å². The second-order valence-corrected chi connectivity index (χ2v) is 7.00. The maximum absolute atomic E-state index is 12.3. The molecule has 128 valence electrons. The Balaban J connectivity index is 1.96. The van der Waals surface area contributed by atoms with E-state index >= 15 is 0 Å². The summed E-state index contributed by atoms with van der Waals surface area (Å²) < 4.78 is 0. The van der Waals surface area contributed by atoms with Crippen molar-refractivity contribution in [3.05, 3.63) is 69.3 Å². The van der Waals surface area contributed by atoms with Crippen LogP contribution in [0.1, 0.15) is 58.3 Å². The minimum absolute atomic E-state index is 0.0385. The van der Waals surface area contributed by atoms with E-state index in [4.69, 9.17) is 0 Å². The van der Waals surface area contributed by atoms with Crippen LogP contribution in [0.4, 0.5) is 0 Å². The van der Waals surface area contributed by atoms with E-state index in [1.165, 1.54) is 38.9 Å². The number of nitrogens with one attached hydrogen (secondary N) is 1. The molecule has 2 aromatic rings. The molecule has 0 spiro atoms. The third-order valence-corrected chi connectivity index (χ3v) is 4.94. The average Bonchev–Trinajstić information content (AvgIpc) is 2.52. The van der Waals surface area contributed by atoms with Crippen molar-refractivity contribution in [2.45, 2.75) is 60.4 Å². The Bertz CT molecular complexity index is 746. The van der Waals surface area contributed by atoms with E-state index in [9.17, 15) is 4.79 Å². The van der Waals surface area contributed by atoms with E-state index in [1.54, 1.807) is 0 Å². The lowest BCUT2D eigenvalue weighted by molar-refractivity contribution is -0.121. The molecular weight excluding hydrogens is 294 g/mol. The number of benzene rings is 2. The first-order chi connectivity index (χ1) is 11.3. The number of aryl methyl sites for hydroxylation is 6. The Labute approximate surface area is 146 Å². The molecule has 1 amide bonds. The van der Waals surface area contributed by atoms with Gasteiger partial charge in [0, 0.05) is 6.42 Å². The first-order valence-electron chi connectivity index (χ1n) is 8.71. The summed E-state index contributed by atoms with van der Waals surface area (Å²) in [4.78, 5) is 12.3. The van der Waals surface area contributed by atoms with Crippen LogP contribution in [0.25, 0.3) is 0 Å². The SMILES string of the molecule is Cc1ccc(CCC(=O)NC(C)c2cc(C)c(C)cc2C)cc1C. The summed E-state index contributed by atoms with van der Waals surface area (Å²) in [7, 11) is 0. The van der Waals surface area contributed by atoms with Crippen molar-refractivity contribution in [1.29, 1.82) is 0 Å². The van der Waals surface area contributed by atoms with Crippen LogP contribution in [-0.4, -0.2) is 5.91 Å². The monoisotopic (exact) mass is 323 g/mol. The summed E-state index contributed by atoms with van der Waals surface area (Å²) >= 11 is 0. The minimum Gasteiger partial charge on any atom is -0.350 e. The quantitative estimate of drug-likeness (QED) is 0.820. The molecule has 0 aliphatic carbocycles. The Hall–Kier alpha value is -2.09. The van der Waals surface area contributed by atoms with Crippen LogP contribution in [0, 0.1) is 34.6 Å². The van der Waals surface area contributed by atoms with Crippen LogP contribution < -0.4 is 5.32 Å². The molecule has 2 heteroatoms. The zero-order valence-electron chi connectivity index (χ0n) is 15.8. The Morgan fingerprint density at radius 2 is 1.50 bits per heavy atom. The van der Waals surface area contributed by atoms with Gasteiger partial charge in [-0.1, -0.05) is 30.3 Å². The molecule has 0 bridgehead atoms. The van der Waals surface area contributed by atoms with Crippen LogP contribution in [0.5, 0.6) is 0 Å². The molecule has 0 heterocycles. The lowest BCUT2D eigenvalue weighted by Crippen LogP contribution is -2.27. The van der Waals surface area contributed by atoms with Gasteiger partial charge in [-0.05, 0) is 86.9 Å². The molecule has 0 aliphatic rings. The predicted molar refractivity (Wildman–Crippen MR) is 101 cm³/mol. The summed E-state index contributed by atoms with van der Waals surface area (Å²) in [6, 6.07) is 10.9. The van der Waals surface area contributed by atoms with Crippen molar-refractivity contribution in [3.8, 4) is 0 Å². The van der Waals surface area contributed by atoms with Crippen LogP contribution in [-0.2, 0) is 11.2 Å². The zero-order valence-corrected chi connectivity index (χ0v) is 15.8. The molecule has 2 rings (SSSR count). The van der Waals surface area contributed by atoms with Gasteiger partial charge in [0.15, 0.2) is 0 Å². The molecule has 1 unspecified atom stereocenters. The molecule has 0 fully saturated rings. The highest BCUT2D eigenvalue weighted by molar-refractivity contribution is 5.76. The Morgan fingerprint density at radius 3 is 2.17 bits per heavy atom. The van der Waals surface area contributed by atoms with Crippen LogP contribution in [0.3, 0.4) is 0 Å². The fourth-order valence-corrected chi connectivity index (χ4v) is 3.06. The van der Waals surface area contributed by atoms with Gasteiger partial charge in [-0.15, -0.1) is 0 Å².